The molecule has 1 aliphatic heterocycles. The smallest absolute Gasteiger partial charge is 0.332 e. The van der Waals surface area contributed by atoms with Gasteiger partial charge < -0.3 is 14.8 Å². The van der Waals surface area contributed by atoms with Crippen molar-refractivity contribution in [3.63, 3.8) is 0 Å². The SMILES string of the molecule is COc1ccc(Cn2c(=O)n(C3CCNCC3)c(=O)c3sc(-c4cc(F)ccc4OC)cc32)cc1F.Cl. The molecule has 0 unspecified atom stereocenters. The van der Waals surface area contributed by atoms with Gasteiger partial charge in [-0.3, -0.25) is 13.9 Å². The number of nitrogens with one attached hydrogen (secondary N) is 1. The fourth-order valence-corrected chi connectivity index (χ4v) is 5.82. The summed E-state index contributed by atoms with van der Waals surface area (Å²) in [6.07, 6.45) is 1.29. The molecular formula is C26H26ClF2N3O4S. The Balaban J connectivity index is 0.00000320. The summed E-state index contributed by atoms with van der Waals surface area (Å²) < 4.78 is 42.2. The minimum atomic E-state index is -0.540. The first-order valence-electron chi connectivity index (χ1n) is 11.6. The van der Waals surface area contributed by atoms with E-state index in [-0.39, 0.29) is 36.3 Å². The molecule has 0 spiro atoms. The van der Waals surface area contributed by atoms with Crippen LogP contribution in [0.2, 0.25) is 0 Å². The van der Waals surface area contributed by atoms with E-state index in [1.54, 1.807) is 12.1 Å². The number of rotatable bonds is 6. The summed E-state index contributed by atoms with van der Waals surface area (Å²) in [6, 6.07) is 10.1. The lowest BCUT2D eigenvalue weighted by Crippen LogP contribution is -2.45. The lowest BCUT2D eigenvalue weighted by molar-refractivity contribution is 0.346. The number of benzene rings is 2. The summed E-state index contributed by atoms with van der Waals surface area (Å²) in [7, 11) is 2.87. The molecule has 0 amide bonds. The Morgan fingerprint density at radius 2 is 1.70 bits per heavy atom. The van der Waals surface area contributed by atoms with Crippen LogP contribution < -0.4 is 26.0 Å². The lowest BCUT2D eigenvalue weighted by Gasteiger charge is -2.25. The number of ether oxygens (including phenoxy) is 2. The molecule has 2 aromatic carbocycles. The van der Waals surface area contributed by atoms with Gasteiger partial charge in [0.2, 0.25) is 0 Å². The summed E-state index contributed by atoms with van der Waals surface area (Å²) >= 11 is 1.19. The molecule has 0 atom stereocenters. The molecule has 0 aliphatic carbocycles. The quantitative estimate of drug-likeness (QED) is 0.381. The highest BCUT2D eigenvalue weighted by atomic mass is 35.5. The normalized spacial score (nSPS) is 13.9. The highest BCUT2D eigenvalue weighted by Gasteiger charge is 2.24. The van der Waals surface area contributed by atoms with E-state index in [4.69, 9.17) is 9.47 Å². The van der Waals surface area contributed by atoms with Gasteiger partial charge in [-0.1, -0.05) is 6.07 Å². The predicted octanol–water partition coefficient (Wildman–Crippen LogP) is 4.58. The van der Waals surface area contributed by atoms with Crippen molar-refractivity contribution in [1.82, 2.24) is 14.5 Å². The second kappa shape index (κ2) is 11.0. The van der Waals surface area contributed by atoms with Crippen LogP contribution in [-0.4, -0.2) is 36.4 Å². The van der Waals surface area contributed by atoms with E-state index in [1.807, 2.05) is 0 Å². The zero-order valence-corrected chi connectivity index (χ0v) is 21.9. The Kier molecular flexibility index (Phi) is 8.01. The van der Waals surface area contributed by atoms with Gasteiger partial charge in [0.25, 0.3) is 5.56 Å². The highest BCUT2D eigenvalue weighted by molar-refractivity contribution is 7.22. The third-order valence-corrected chi connectivity index (χ3v) is 7.66. The average molecular weight is 550 g/mol. The average Bonchev–Trinajstić information content (AvgIpc) is 3.33. The second-order valence-corrected chi connectivity index (χ2v) is 9.72. The maximum atomic E-state index is 14.4. The fraction of sp³-hybridized carbons (Fsp3) is 0.308. The Bertz CT molecular complexity index is 1560. The van der Waals surface area contributed by atoms with E-state index >= 15 is 0 Å². The Morgan fingerprint density at radius 1 is 1.00 bits per heavy atom. The van der Waals surface area contributed by atoms with Crippen LogP contribution in [0.3, 0.4) is 0 Å². The summed E-state index contributed by atoms with van der Waals surface area (Å²) in [5.74, 6) is -0.428. The van der Waals surface area contributed by atoms with Crippen LogP contribution in [0.5, 0.6) is 11.5 Å². The highest BCUT2D eigenvalue weighted by Crippen LogP contribution is 2.37. The molecule has 37 heavy (non-hydrogen) atoms. The van der Waals surface area contributed by atoms with Crippen molar-refractivity contribution in [3.8, 4) is 21.9 Å². The number of halogens is 3. The molecule has 1 fully saturated rings. The number of hydrogen-bond acceptors (Lipinski definition) is 6. The molecule has 11 heteroatoms. The first-order valence-corrected chi connectivity index (χ1v) is 12.4. The van der Waals surface area contributed by atoms with Crippen LogP contribution >= 0.6 is 23.7 Å². The number of methoxy groups -OCH3 is 2. The van der Waals surface area contributed by atoms with E-state index in [9.17, 15) is 18.4 Å². The maximum absolute atomic E-state index is 14.4. The van der Waals surface area contributed by atoms with E-state index in [1.165, 1.54) is 65.0 Å². The number of piperidine rings is 1. The van der Waals surface area contributed by atoms with E-state index < -0.39 is 17.3 Å². The summed E-state index contributed by atoms with van der Waals surface area (Å²) in [6.45, 7) is 1.46. The largest absolute Gasteiger partial charge is 0.496 e. The van der Waals surface area contributed by atoms with Gasteiger partial charge in [0.1, 0.15) is 16.3 Å². The van der Waals surface area contributed by atoms with Gasteiger partial charge in [-0.15, -0.1) is 23.7 Å². The number of aromatic nitrogens is 2. The van der Waals surface area contributed by atoms with Gasteiger partial charge in [-0.2, -0.15) is 0 Å². The summed E-state index contributed by atoms with van der Waals surface area (Å²) in [4.78, 5) is 28.0. The molecule has 3 heterocycles. The number of hydrogen-bond donors (Lipinski definition) is 1. The van der Waals surface area contributed by atoms with Crippen LogP contribution in [0.4, 0.5) is 8.78 Å². The molecule has 0 radical (unpaired) electrons. The van der Waals surface area contributed by atoms with Crippen LogP contribution in [0.1, 0.15) is 24.4 Å². The van der Waals surface area contributed by atoms with Crippen molar-refractivity contribution in [1.29, 1.82) is 0 Å². The Morgan fingerprint density at radius 3 is 2.38 bits per heavy atom. The van der Waals surface area contributed by atoms with Gasteiger partial charge in [0, 0.05) is 16.5 Å². The van der Waals surface area contributed by atoms with Crippen molar-refractivity contribution < 1.29 is 18.3 Å². The third kappa shape index (κ3) is 5.01. The molecule has 7 nitrogen and oxygen atoms in total. The van der Waals surface area contributed by atoms with Gasteiger partial charge in [0.05, 0.1) is 26.3 Å². The van der Waals surface area contributed by atoms with Crippen LogP contribution in [0.25, 0.3) is 20.7 Å². The maximum Gasteiger partial charge on any atom is 0.332 e. The fourth-order valence-electron chi connectivity index (χ4n) is 4.70. The van der Waals surface area contributed by atoms with Crippen molar-refractivity contribution in [3.05, 3.63) is 80.5 Å². The number of nitrogens with zero attached hydrogens (tertiary/aromatic N) is 2. The molecule has 196 valence electrons. The number of fused-ring (bicyclic) bond motifs is 1. The summed E-state index contributed by atoms with van der Waals surface area (Å²) in [5.41, 5.74) is 0.624. The Labute approximate surface area is 221 Å². The zero-order chi connectivity index (χ0) is 25.4. The monoisotopic (exact) mass is 549 g/mol. The van der Waals surface area contributed by atoms with E-state index in [0.29, 0.717) is 57.9 Å². The minimum Gasteiger partial charge on any atom is -0.496 e. The molecule has 1 N–H and O–H groups in total. The molecule has 1 saturated heterocycles. The van der Waals surface area contributed by atoms with Crippen LogP contribution in [0, 0.1) is 11.6 Å². The van der Waals surface area contributed by atoms with Crippen molar-refractivity contribution in [2.45, 2.75) is 25.4 Å². The molecule has 4 aromatic rings. The standard InChI is InChI=1S/C26H25F2N3O4S.ClH/c1-34-21-6-4-16(27)12-18(21)23-13-20-24(36-23)25(32)31(17-7-9-29-10-8-17)26(33)30(20)14-15-3-5-22(35-2)19(28)11-15;/h3-6,11-13,17,29H,7-10,14H2,1-2H3;1H. The van der Waals surface area contributed by atoms with Gasteiger partial charge in [-0.05, 0) is 67.9 Å². The van der Waals surface area contributed by atoms with Crippen molar-refractivity contribution in [2.75, 3.05) is 27.3 Å². The van der Waals surface area contributed by atoms with Gasteiger partial charge >= 0.3 is 5.69 Å². The Hall–Kier alpha value is -3.21. The van der Waals surface area contributed by atoms with Crippen molar-refractivity contribution in [2.24, 2.45) is 0 Å². The first kappa shape index (κ1) is 26.8. The lowest BCUT2D eigenvalue weighted by atomic mass is 10.1. The van der Waals surface area contributed by atoms with Crippen molar-refractivity contribution >= 4 is 34.0 Å². The minimum absolute atomic E-state index is 0. The second-order valence-electron chi connectivity index (χ2n) is 8.66. The first-order chi connectivity index (χ1) is 17.4. The third-order valence-electron chi connectivity index (χ3n) is 6.51. The molecule has 1 aliphatic rings. The van der Waals surface area contributed by atoms with Gasteiger partial charge in [-0.25, -0.2) is 13.6 Å². The molecule has 0 bridgehead atoms. The summed E-state index contributed by atoms with van der Waals surface area (Å²) in [5, 5.41) is 3.25. The molecule has 5 rings (SSSR count). The van der Waals surface area contributed by atoms with Crippen LogP contribution in [0.15, 0.2) is 52.1 Å². The zero-order valence-electron chi connectivity index (χ0n) is 20.3. The van der Waals surface area contributed by atoms with Crippen LogP contribution in [-0.2, 0) is 6.54 Å². The molecule has 2 aromatic heterocycles. The van der Waals surface area contributed by atoms with Gasteiger partial charge in [0.15, 0.2) is 11.6 Å². The topological polar surface area (TPSA) is 74.5 Å². The van der Waals surface area contributed by atoms with E-state index in [2.05, 4.69) is 5.32 Å². The molecule has 0 saturated carbocycles. The predicted molar refractivity (Wildman–Crippen MR) is 143 cm³/mol. The number of thiophene rings is 1. The van der Waals surface area contributed by atoms with E-state index in [0.717, 1.165) is 0 Å². The molecular weight excluding hydrogens is 524 g/mol.